The Labute approximate surface area is 304 Å². The lowest BCUT2D eigenvalue weighted by atomic mass is 9.72. The Bertz CT molecular complexity index is 2090. The molecule has 260 valence electrons. The van der Waals surface area contributed by atoms with Gasteiger partial charge in [0.1, 0.15) is 0 Å². The fraction of sp³-hybridized carbons (Fsp3) is 0.370. The predicted octanol–water partition coefficient (Wildman–Crippen LogP) is 12.2. The smallest absolute Gasteiger partial charge is 0.260 e. The van der Waals surface area contributed by atoms with Crippen molar-refractivity contribution in [1.82, 2.24) is 0 Å². The molecule has 0 spiro atoms. The van der Waals surface area contributed by atoms with Crippen LogP contribution in [0.25, 0.3) is 21.5 Å². The van der Waals surface area contributed by atoms with Gasteiger partial charge in [-0.3, -0.25) is 0 Å². The molecule has 0 radical (unpaired) electrons. The topological polar surface area (TPSA) is 21.5 Å². The summed E-state index contributed by atoms with van der Waals surface area (Å²) < 4.78 is 14.1. The average Bonchev–Trinajstić information content (AvgIpc) is 3.34. The van der Waals surface area contributed by atoms with Gasteiger partial charge in [-0.15, -0.1) is 0 Å². The Morgan fingerprint density at radius 3 is 2.24 bits per heavy atom. The number of aryl methyl sites for hydroxylation is 1. The lowest BCUT2D eigenvalue weighted by Gasteiger charge is -2.33. The van der Waals surface area contributed by atoms with E-state index in [0.29, 0.717) is 0 Å². The first-order chi connectivity index (χ1) is 23.9. The molecule has 0 bridgehead atoms. The molecule has 4 heteroatoms. The van der Waals surface area contributed by atoms with Crippen LogP contribution in [0, 0.1) is 6.92 Å². The number of rotatable bonds is 10. The minimum absolute atomic E-state index is 0.0931. The molecule has 6 rings (SSSR count). The summed E-state index contributed by atoms with van der Waals surface area (Å²) in [4.78, 5) is 0. The summed E-state index contributed by atoms with van der Waals surface area (Å²) in [7, 11) is 3.59. The zero-order chi connectivity index (χ0) is 35.8. The van der Waals surface area contributed by atoms with Crippen LogP contribution in [0.1, 0.15) is 83.9 Å². The minimum Gasteiger partial charge on any atom is -0.381 e. The number of hydrogen-bond acceptors (Lipinski definition) is 2. The van der Waals surface area contributed by atoms with Gasteiger partial charge in [-0.25, -0.2) is 0 Å². The molecule has 0 N–H and O–H groups in total. The molecule has 1 aliphatic carbocycles. The molecule has 0 aromatic heterocycles. The molecular weight excluding hydrogens is 634 g/mol. The van der Waals surface area contributed by atoms with E-state index < -0.39 is 0 Å². The maximum atomic E-state index is 7.31. The quantitative estimate of drug-likeness (QED) is 0.155. The maximum absolute atomic E-state index is 7.31. The minimum atomic E-state index is -0.221. The van der Waals surface area contributed by atoms with Gasteiger partial charge in [0.05, 0.1) is 11.5 Å². The molecule has 0 amide bonds. The molecule has 2 unspecified atom stereocenters. The fourth-order valence-corrected chi connectivity index (χ4v) is 8.66. The zero-order valence-electron chi connectivity index (χ0n) is 31.4. The normalized spacial score (nSPS) is 18.9. The van der Waals surface area contributed by atoms with Crippen LogP contribution in [0.15, 0.2) is 119 Å². The van der Waals surface area contributed by atoms with Crippen molar-refractivity contribution < 1.29 is 14.0 Å². The molecule has 0 saturated heterocycles. The molecule has 4 aromatic rings. The van der Waals surface area contributed by atoms with Crippen LogP contribution < -0.4 is 0 Å². The number of allylic oxidation sites excluding steroid dienone is 7. The van der Waals surface area contributed by atoms with Gasteiger partial charge in [0.25, 0.3) is 6.23 Å². The largest absolute Gasteiger partial charge is 0.381 e. The summed E-state index contributed by atoms with van der Waals surface area (Å²) in [6.07, 6.45) is 12.9. The molecule has 1 aliphatic heterocycles. The van der Waals surface area contributed by atoms with E-state index in [1.54, 1.807) is 14.2 Å². The monoisotopic (exact) mass is 686 g/mol. The third-order valence-corrected chi connectivity index (χ3v) is 11.7. The molecule has 1 heterocycles. The van der Waals surface area contributed by atoms with Crippen LogP contribution in [0.4, 0.5) is 5.69 Å². The van der Waals surface area contributed by atoms with Crippen LogP contribution in [-0.2, 0) is 20.3 Å². The van der Waals surface area contributed by atoms with Gasteiger partial charge in [-0.2, -0.15) is 4.58 Å². The van der Waals surface area contributed by atoms with Gasteiger partial charge in [0.15, 0.2) is 5.71 Å². The van der Waals surface area contributed by atoms with E-state index in [2.05, 4.69) is 150 Å². The number of benzene rings is 4. The molecule has 3 nitrogen and oxygen atoms in total. The van der Waals surface area contributed by atoms with E-state index >= 15 is 0 Å². The SMILES string of the molecule is COC(C)C/C(=C/C=C1\CCCC(/C=C/C2=[N+](C(C)OC)c3ccc4ccccc4c3C2(C)C)=C1Cl)C(C)(C)c1c(C)ccc2ccccc12. The maximum Gasteiger partial charge on any atom is 0.260 e. The van der Waals surface area contributed by atoms with Crippen molar-refractivity contribution in [3.8, 4) is 0 Å². The van der Waals surface area contributed by atoms with Gasteiger partial charge in [0, 0.05) is 49.3 Å². The van der Waals surface area contributed by atoms with Crippen molar-refractivity contribution in [2.75, 3.05) is 14.2 Å². The first-order valence-electron chi connectivity index (χ1n) is 18.1. The molecule has 50 heavy (non-hydrogen) atoms. The number of hydrogen-bond donors (Lipinski definition) is 0. The van der Waals surface area contributed by atoms with Crippen molar-refractivity contribution in [1.29, 1.82) is 0 Å². The second-order valence-electron chi connectivity index (χ2n) is 15.2. The lowest BCUT2D eigenvalue weighted by molar-refractivity contribution is -0.532. The third kappa shape index (κ3) is 6.57. The van der Waals surface area contributed by atoms with Gasteiger partial charge in [0.2, 0.25) is 5.69 Å². The number of fused-ring (bicyclic) bond motifs is 4. The van der Waals surface area contributed by atoms with Gasteiger partial charge in [-0.05, 0) is 103 Å². The van der Waals surface area contributed by atoms with Crippen molar-refractivity contribution in [3.63, 3.8) is 0 Å². The summed E-state index contributed by atoms with van der Waals surface area (Å²) >= 11 is 7.31. The Morgan fingerprint density at radius 2 is 1.54 bits per heavy atom. The van der Waals surface area contributed by atoms with Crippen LogP contribution in [0.5, 0.6) is 0 Å². The zero-order valence-corrected chi connectivity index (χ0v) is 32.1. The highest BCUT2D eigenvalue weighted by Gasteiger charge is 2.47. The Morgan fingerprint density at radius 1 is 0.880 bits per heavy atom. The highest BCUT2D eigenvalue weighted by molar-refractivity contribution is 6.32. The van der Waals surface area contributed by atoms with E-state index in [9.17, 15) is 0 Å². The van der Waals surface area contributed by atoms with Gasteiger partial charge >= 0.3 is 0 Å². The Balaban J connectivity index is 1.40. The van der Waals surface area contributed by atoms with Crippen LogP contribution in [-0.4, -0.2) is 36.8 Å². The third-order valence-electron chi connectivity index (χ3n) is 11.3. The highest BCUT2D eigenvalue weighted by atomic mass is 35.5. The fourth-order valence-electron chi connectivity index (χ4n) is 8.35. The molecule has 0 fully saturated rings. The standard InChI is InChI=1S/C46H53ClNO2/c1-30-21-22-33-15-10-12-19-38(33)42(30)45(4,5)37(29-31(2)49-8)26-23-35-17-14-18-36(44(35)47)25-28-41-46(6,7)43-39-20-13-11-16-34(39)24-27-40(43)48(41)32(3)50-9/h10-13,15-16,19-28,31-32H,14,17-18,29H2,1-9H3/q+1/b28-25+,35-23+,37-26-. The first kappa shape index (κ1) is 36.0. The lowest BCUT2D eigenvalue weighted by Crippen LogP contribution is -2.31. The van der Waals surface area contributed by atoms with Gasteiger partial charge in [-0.1, -0.05) is 110 Å². The van der Waals surface area contributed by atoms with E-state index in [-0.39, 0.29) is 23.2 Å². The Hall–Kier alpha value is -3.76. The van der Waals surface area contributed by atoms with E-state index in [1.165, 1.54) is 66.4 Å². The first-order valence-corrected chi connectivity index (χ1v) is 18.5. The van der Waals surface area contributed by atoms with Crippen molar-refractivity contribution in [2.24, 2.45) is 0 Å². The summed E-state index contributed by atoms with van der Waals surface area (Å²) in [6.45, 7) is 15.9. The number of nitrogens with zero attached hydrogens (tertiary/aromatic N) is 1. The molecule has 4 aromatic carbocycles. The summed E-state index contributed by atoms with van der Waals surface area (Å²) in [5, 5.41) is 6.00. The van der Waals surface area contributed by atoms with E-state index in [0.717, 1.165) is 30.7 Å². The van der Waals surface area contributed by atoms with E-state index in [1.807, 2.05) is 0 Å². The van der Waals surface area contributed by atoms with Crippen LogP contribution in [0.3, 0.4) is 0 Å². The Kier molecular flexibility index (Phi) is 10.4. The number of methoxy groups -OCH3 is 2. The summed E-state index contributed by atoms with van der Waals surface area (Å²) in [5.41, 5.74) is 9.72. The van der Waals surface area contributed by atoms with Gasteiger partial charge < -0.3 is 9.47 Å². The summed E-state index contributed by atoms with van der Waals surface area (Å²) in [6, 6.07) is 26.4. The molecular formula is C46H53ClNO2+. The predicted molar refractivity (Wildman–Crippen MR) is 213 cm³/mol. The summed E-state index contributed by atoms with van der Waals surface area (Å²) in [5.74, 6) is 0. The van der Waals surface area contributed by atoms with Crippen molar-refractivity contribution in [3.05, 3.63) is 136 Å². The van der Waals surface area contributed by atoms with Crippen molar-refractivity contribution >= 4 is 44.5 Å². The number of halogens is 1. The average molecular weight is 687 g/mol. The second-order valence-corrected chi connectivity index (χ2v) is 15.5. The molecule has 0 saturated carbocycles. The van der Waals surface area contributed by atoms with Crippen LogP contribution in [0.2, 0.25) is 0 Å². The second kappa shape index (κ2) is 14.5. The number of ether oxygens (including phenoxy) is 2. The van der Waals surface area contributed by atoms with E-state index in [4.69, 9.17) is 21.1 Å². The van der Waals surface area contributed by atoms with Crippen molar-refractivity contribution in [2.45, 2.75) is 97.3 Å². The molecule has 2 aliphatic rings. The highest BCUT2D eigenvalue weighted by Crippen LogP contribution is 2.46. The van der Waals surface area contributed by atoms with Crippen LogP contribution >= 0.6 is 11.6 Å². The molecule has 2 atom stereocenters.